The molecule has 1 aliphatic carbocycles. The van der Waals surface area contributed by atoms with E-state index in [1.807, 2.05) is 31.2 Å². The molecule has 1 aromatic heterocycles. The maximum Gasteiger partial charge on any atom is 0.423 e. The molecule has 0 bridgehead atoms. The fraction of sp³-hybridized carbons (Fsp3) is 0.444. The van der Waals surface area contributed by atoms with Gasteiger partial charge in [0.2, 0.25) is 11.8 Å². The van der Waals surface area contributed by atoms with Gasteiger partial charge >= 0.3 is 6.18 Å². The van der Waals surface area contributed by atoms with Gasteiger partial charge in [-0.2, -0.15) is 18.2 Å². The molecule has 1 heterocycles. The highest BCUT2D eigenvalue weighted by Gasteiger charge is 2.37. The van der Waals surface area contributed by atoms with E-state index < -0.39 is 17.6 Å². The van der Waals surface area contributed by atoms with Crippen LogP contribution in [0.3, 0.4) is 0 Å². The first-order chi connectivity index (χ1) is 11.9. The lowest BCUT2D eigenvalue weighted by atomic mass is 9.98. The van der Waals surface area contributed by atoms with Crippen molar-refractivity contribution in [3.05, 3.63) is 41.6 Å². The molecule has 2 aromatic rings. The molecule has 1 fully saturated rings. The molecule has 0 saturated heterocycles. The number of hydrogen-bond donors (Lipinski definition) is 1. The first kappa shape index (κ1) is 17.5. The van der Waals surface area contributed by atoms with Gasteiger partial charge in [0.1, 0.15) is 11.7 Å². The summed E-state index contributed by atoms with van der Waals surface area (Å²) in [6, 6.07) is 7.42. The first-order valence-electron chi connectivity index (χ1n) is 8.36. The Bertz CT molecular complexity index is 710. The third-order valence-corrected chi connectivity index (χ3v) is 4.20. The van der Waals surface area contributed by atoms with E-state index in [1.165, 1.54) is 0 Å². The van der Waals surface area contributed by atoms with Gasteiger partial charge in [0.15, 0.2) is 0 Å². The monoisotopic (exact) mass is 351 g/mol. The highest BCUT2D eigenvalue weighted by atomic mass is 19.4. The Morgan fingerprint density at radius 3 is 2.40 bits per heavy atom. The fourth-order valence-corrected chi connectivity index (χ4v) is 2.82. The average molecular weight is 351 g/mol. The van der Waals surface area contributed by atoms with Crippen molar-refractivity contribution in [2.45, 2.75) is 51.3 Å². The molecule has 25 heavy (non-hydrogen) atoms. The van der Waals surface area contributed by atoms with Crippen molar-refractivity contribution < 1.29 is 17.9 Å². The zero-order valence-corrected chi connectivity index (χ0v) is 13.9. The third-order valence-electron chi connectivity index (χ3n) is 4.20. The number of benzene rings is 1. The molecule has 0 unspecified atom stereocenters. The van der Waals surface area contributed by atoms with Crippen LogP contribution >= 0.6 is 0 Å². The van der Waals surface area contributed by atoms with Gasteiger partial charge in [0.05, 0.1) is 0 Å². The van der Waals surface area contributed by atoms with Gasteiger partial charge in [-0.05, 0) is 44.7 Å². The van der Waals surface area contributed by atoms with E-state index in [1.54, 1.807) is 0 Å². The molecule has 1 aromatic carbocycles. The van der Waals surface area contributed by atoms with Crippen LogP contribution in [0.5, 0.6) is 5.88 Å². The second kappa shape index (κ2) is 7.29. The largest absolute Gasteiger partial charge is 0.474 e. The van der Waals surface area contributed by atoms with E-state index in [0.29, 0.717) is 5.69 Å². The Hall–Kier alpha value is -2.31. The summed E-state index contributed by atoms with van der Waals surface area (Å²) in [5, 5.41) is 2.92. The second-order valence-electron chi connectivity index (χ2n) is 6.28. The van der Waals surface area contributed by atoms with Crippen molar-refractivity contribution in [2.75, 3.05) is 5.32 Å². The van der Waals surface area contributed by atoms with Crippen molar-refractivity contribution in [2.24, 2.45) is 0 Å². The SMILES string of the molecule is Cc1ccc(Nc2ncc(C(F)(F)F)c(OC3CCCCC3)n2)cc1. The Morgan fingerprint density at radius 1 is 1.08 bits per heavy atom. The van der Waals surface area contributed by atoms with E-state index in [0.717, 1.165) is 43.9 Å². The van der Waals surface area contributed by atoms with Crippen LogP contribution in [-0.4, -0.2) is 16.1 Å². The molecule has 1 saturated carbocycles. The molecular weight excluding hydrogens is 331 g/mol. The zero-order chi connectivity index (χ0) is 17.9. The van der Waals surface area contributed by atoms with Crippen LogP contribution in [0.25, 0.3) is 0 Å². The highest BCUT2D eigenvalue weighted by molar-refractivity contribution is 5.54. The highest BCUT2D eigenvalue weighted by Crippen LogP contribution is 2.36. The number of hydrogen-bond acceptors (Lipinski definition) is 4. The summed E-state index contributed by atoms with van der Waals surface area (Å²) in [7, 11) is 0. The Balaban J connectivity index is 1.84. The number of rotatable bonds is 4. The summed E-state index contributed by atoms with van der Waals surface area (Å²) < 4.78 is 45.3. The molecule has 0 spiro atoms. The van der Waals surface area contributed by atoms with Gasteiger partial charge in [-0.15, -0.1) is 0 Å². The van der Waals surface area contributed by atoms with Crippen LogP contribution in [0.2, 0.25) is 0 Å². The normalized spacial score (nSPS) is 15.8. The van der Waals surface area contributed by atoms with Crippen LogP contribution in [0, 0.1) is 6.92 Å². The van der Waals surface area contributed by atoms with E-state index >= 15 is 0 Å². The van der Waals surface area contributed by atoms with Crippen LogP contribution < -0.4 is 10.1 Å². The number of halogens is 3. The second-order valence-corrected chi connectivity index (χ2v) is 6.28. The third kappa shape index (κ3) is 4.61. The smallest absolute Gasteiger partial charge is 0.423 e. The molecule has 0 atom stereocenters. The van der Waals surface area contributed by atoms with Crippen molar-refractivity contribution in [1.82, 2.24) is 9.97 Å². The Kier molecular flexibility index (Phi) is 5.11. The Morgan fingerprint density at radius 2 is 1.76 bits per heavy atom. The molecule has 7 heteroatoms. The van der Waals surface area contributed by atoms with Crippen LogP contribution in [0.4, 0.5) is 24.8 Å². The zero-order valence-electron chi connectivity index (χ0n) is 13.9. The molecule has 3 rings (SSSR count). The summed E-state index contributed by atoms with van der Waals surface area (Å²) >= 11 is 0. The minimum atomic E-state index is -4.55. The summed E-state index contributed by atoms with van der Waals surface area (Å²) in [5.74, 6) is -0.313. The van der Waals surface area contributed by atoms with E-state index in [4.69, 9.17) is 4.74 Å². The minimum absolute atomic E-state index is 0.0858. The van der Waals surface area contributed by atoms with Gasteiger partial charge in [-0.3, -0.25) is 0 Å². The van der Waals surface area contributed by atoms with Crippen molar-refractivity contribution in [3.8, 4) is 5.88 Å². The van der Waals surface area contributed by atoms with E-state index in [-0.39, 0.29) is 12.1 Å². The molecule has 0 amide bonds. The maximum absolute atomic E-state index is 13.2. The Labute approximate surface area is 144 Å². The van der Waals surface area contributed by atoms with Gasteiger partial charge in [0, 0.05) is 11.9 Å². The number of alkyl halides is 3. The molecule has 134 valence electrons. The molecular formula is C18H20F3N3O. The summed E-state index contributed by atoms with van der Waals surface area (Å²) in [4.78, 5) is 7.78. The summed E-state index contributed by atoms with van der Waals surface area (Å²) in [6.07, 6.45) is 0.530. The number of nitrogens with one attached hydrogen (secondary N) is 1. The number of nitrogens with zero attached hydrogens (tertiary/aromatic N) is 2. The molecule has 4 nitrogen and oxygen atoms in total. The van der Waals surface area contributed by atoms with Crippen LogP contribution in [0.1, 0.15) is 43.2 Å². The van der Waals surface area contributed by atoms with Crippen molar-refractivity contribution >= 4 is 11.6 Å². The average Bonchev–Trinajstić information content (AvgIpc) is 2.57. The van der Waals surface area contributed by atoms with Crippen LogP contribution in [0.15, 0.2) is 30.5 Å². The number of anilines is 2. The first-order valence-corrected chi connectivity index (χ1v) is 8.36. The molecule has 1 aliphatic rings. The lowest BCUT2D eigenvalue weighted by molar-refractivity contribution is -0.140. The number of ether oxygens (including phenoxy) is 1. The standard InChI is InChI=1S/C18H20F3N3O/c1-12-7-9-13(10-8-12)23-17-22-11-15(18(19,20)21)16(24-17)25-14-5-3-2-4-6-14/h7-11,14H,2-6H2,1H3,(H,22,23,24). The van der Waals surface area contributed by atoms with E-state index in [9.17, 15) is 13.2 Å². The van der Waals surface area contributed by atoms with Gasteiger partial charge in [-0.25, -0.2) is 4.98 Å². The van der Waals surface area contributed by atoms with Gasteiger partial charge < -0.3 is 10.1 Å². The summed E-state index contributed by atoms with van der Waals surface area (Å²) in [5.41, 5.74) is 0.849. The van der Waals surface area contributed by atoms with Gasteiger partial charge in [0.25, 0.3) is 0 Å². The fourth-order valence-electron chi connectivity index (χ4n) is 2.82. The lowest BCUT2D eigenvalue weighted by Gasteiger charge is -2.24. The van der Waals surface area contributed by atoms with Crippen LogP contribution in [-0.2, 0) is 6.18 Å². The van der Waals surface area contributed by atoms with Crippen molar-refractivity contribution in [1.29, 1.82) is 0 Å². The molecule has 1 N–H and O–H groups in total. The van der Waals surface area contributed by atoms with E-state index in [2.05, 4.69) is 15.3 Å². The lowest BCUT2D eigenvalue weighted by Crippen LogP contribution is -2.22. The predicted molar refractivity (Wildman–Crippen MR) is 89.0 cm³/mol. The number of aromatic nitrogens is 2. The van der Waals surface area contributed by atoms with Crippen molar-refractivity contribution in [3.63, 3.8) is 0 Å². The van der Waals surface area contributed by atoms with Gasteiger partial charge in [-0.1, -0.05) is 24.1 Å². The minimum Gasteiger partial charge on any atom is -0.474 e. The predicted octanol–water partition coefficient (Wildman–Crippen LogP) is 5.26. The summed E-state index contributed by atoms with van der Waals surface area (Å²) in [6.45, 7) is 1.95. The number of aryl methyl sites for hydroxylation is 1. The molecule has 0 radical (unpaired) electrons. The molecule has 0 aliphatic heterocycles. The topological polar surface area (TPSA) is 47.0 Å². The quantitative estimate of drug-likeness (QED) is 0.816. The maximum atomic E-state index is 13.2.